The second-order valence-corrected chi connectivity index (χ2v) is 7.96. The van der Waals surface area contributed by atoms with E-state index in [2.05, 4.69) is 25.9 Å². The Balaban J connectivity index is 2.82. The maximum Gasteiger partial charge on any atom is 0.326 e. The van der Waals surface area contributed by atoms with Gasteiger partial charge in [0.1, 0.15) is 18.1 Å². The van der Waals surface area contributed by atoms with Crippen molar-refractivity contribution in [2.75, 3.05) is 18.6 Å². The number of nitrogens with zero attached hydrogens (tertiary/aromatic N) is 1. The van der Waals surface area contributed by atoms with Gasteiger partial charge in [0.05, 0.1) is 25.4 Å². The summed E-state index contributed by atoms with van der Waals surface area (Å²) < 4.78 is 0. The van der Waals surface area contributed by atoms with Gasteiger partial charge in [-0.15, -0.1) is 0 Å². The van der Waals surface area contributed by atoms with Crippen LogP contribution in [0.3, 0.4) is 0 Å². The molecule has 0 radical (unpaired) electrons. The zero-order valence-corrected chi connectivity index (χ0v) is 18.6. The van der Waals surface area contributed by atoms with Crippen LogP contribution in [0.5, 0.6) is 0 Å². The predicted octanol–water partition coefficient (Wildman–Crippen LogP) is -2.96. The minimum atomic E-state index is -1.50. The molecule has 4 atom stereocenters. The summed E-state index contributed by atoms with van der Waals surface area (Å²) in [5, 5.41) is 34.5. The van der Waals surface area contributed by atoms with Crippen molar-refractivity contribution in [3.05, 3.63) is 18.2 Å². The number of hydrogen-bond donors (Lipinski definition) is 8. The third-order valence-corrected chi connectivity index (χ3v) is 5.03. The molecule has 0 aromatic carbocycles. The second-order valence-electron chi connectivity index (χ2n) is 6.97. The Morgan fingerprint density at radius 2 is 1.67 bits per heavy atom. The molecule has 0 fully saturated rings. The lowest BCUT2D eigenvalue weighted by atomic mass is 10.1. The number of imidazole rings is 1. The number of H-pyrrole nitrogens is 1. The van der Waals surface area contributed by atoms with Crippen LogP contribution in [0, 0.1) is 0 Å². The van der Waals surface area contributed by atoms with E-state index in [1.807, 2.05) is 0 Å². The Morgan fingerprint density at radius 1 is 1.06 bits per heavy atom. The molecule has 14 nitrogen and oxygen atoms in total. The molecule has 0 aliphatic heterocycles. The van der Waals surface area contributed by atoms with E-state index in [-0.39, 0.29) is 12.8 Å². The Labute approximate surface area is 193 Å². The molecule has 1 aromatic rings. The number of aromatic amines is 1. The van der Waals surface area contributed by atoms with E-state index in [0.717, 1.165) is 0 Å². The second kappa shape index (κ2) is 14.1. The van der Waals surface area contributed by atoms with Crippen molar-refractivity contribution in [2.24, 2.45) is 5.73 Å². The quantitative estimate of drug-likeness (QED) is 0.124. The van der Waals surface area contributed by atoms with Crippen LogP contribution in [-0.2, 0) is 30.4 Å². The van der Waals surface area contributed by atoms with Gasteiger partial charge < -0.3 is 42.0 Å². The molecule has 1 aromatic heterocycles. The lowest BCUT2D eigenvalue weighted by Crippen LogP contribution is -2.58. The van der Waals surface area contributed by atoms with Crippen LogP contribution in [0.4, 0.5) is 0 Å². The van der Waals surface area contributed by atoms with E-state index in [4.69, 9.17) is 10.8 Å². The summed E-state index contributed by atoms with van der Waals surface area (Å²) in [5.74, 6) is -4.83. The van der Waals surface area contributed by atoms with Crippen molar-refractivity contribution >= 4 is 41.4 Å². The first-order chi connectivity index (χ1) is 15.6. The van der Waals surface area contributed by atoms with Crippen molar-refractivity contribution in [1.29, 1.82) is 0 Å². The van der Waals surface area contributed by atoms with Crippen molar-refractivity contribution in [3.63, 3.8) is 0 Å². The summed E-state index contributed by atoms with van der Waals surface area (Å²) in [6.07, 6.45) is 3.89. The van der Waals surface area contributed by atoms with Crippen LogP contribution in [0.15, 0.2) is 12.5 Å². The molecular weight excluding hydrogens is 460 g/mol. The summed E-state index contributed by atoms with van der Waals surface area (Å²) >= 11 is 1.38. The average Bonchev–Trinajstić information content (AvgIpc) is 3.26. The smallest absolute Gasteiger partial charge is 0.326 e. The summed E-state index contributed by atoms with van der Waals surface area (Å²) in [6, 6.07) is -5.40. The van der Waals surface area contributed by atoms with Crippen LogP contribution < -0.4 is 21.7 Å². The van der Waals surface area contributed by atoms with Gasteiger partial charge >= 0.3 is 11.9 Å². The number of aliphatic carboxylic acids is 2. The molecule has 0 aliphatic carbocycles. The number of hydrogen-bond acceptors (Lipinski definition) is 9. The van der Waals surface area contributed by atoms with E-state index in [1.54, 1.807) is 6.26 Å². The Hall–Kier alpha value is -3.17. The molecule has 0 saturated heterocycles. The molecule has 3 amide bonds. The number of aliphatic hydroxyl groups excluding tert-OH is 1. The first-order valence-electron chi connectivity index (χ1n) is 9.77. The molecular formula is C18H28N6O8S. The molecule has 0 bridgehead atoms. The molecule has 15 heteroatoms. The molecule has 1 rings (SSSR count). The highest BCUT2D eigenvalue weighted by Gasteiger charge is 2.30. The number of nitrogens with one attached hydrogen (secondary N) is 4. The molecule has 0 saturated carbocycles. The van der Waals surface area contributed by atoms with E-state index in [0.29, 0.717) is 11.4 Å². The fourth-order valence-electron chi connectivity index (χ4n) is 2.62. The average molecular weight is 489 g/mol. The number of carbonyl (C=O) groups excluding carboxylic acids is 3. The third-order valence-electron chi connectivity index (χ3n) is 4.38. The zero-order valence-electron chi connectivity index (χ0n) is 17.8. The fraction of sp³-hybridized carbons (Fsp3) is 0.556. The molecule has 4 unspecified atom stereocenters. The molecule has 0 spiro atoms. The monoisotopic (exact) mass is 488 g/mol. The van der Waals surface area contributed by atoms with Crippen molar-refractivity contribution in [3.8, 4) is 0 Å². The highest BCUT2D eigenvalue weighted by Crippen LogP contribution is 2.04. The summed E-state index contributed by atoms with van der Waals surface area (Å²) in [7, 11) is 0. The summed E-state index contributed by atoms with van der Waals surface area (Å²) in [4.78, 5) is 66.0. The van der Waals surface area contributed by atoms with Gasteiger partial charge in [-0.05, 0) is 18.4 Å². The van der Waals surface area contributed by atoms with Crippen LogP contribution in [0.2, 0.25) is 0 Å². The van der Waals surface area contributed by atoms with Gasteiger partial charge in [0.15, 0.2) is 0 Å². The van der Waals surface area contributed by atoms with Gasteiger partial charge in [0, 0.05) is 18.3 Å². The van der Waals surface area contributed by atoms with Crippen LogP contribution in [-0.4, -0.2) is 97.7 Å². The molecule has 1 heterocycles. The number of amides is 3. The maximum atomic E-state index is 12.7. The predicted molar refractivity (Wildman–Crippen MR) is 116 cm³/mol. The van der Waals surface area contributed by atoms with E-state index in [9.17, 15) is 34.2 Å². The number of rotatable bonds is 15. The summed E-state index contributed by atoms with van der Waals surface area (Å²) in [5.41, 5.74) is 5.96. The number of carboxylic acid groups (broad SMARTS) is 2. The lowest BCUT2D eigenvalue weighted by Gasteiger charge is -2.24. The zero-order chi connectivity index (χ0) is 25.0. The highest BCUT2D eigenvalue weighted by atomic mass is 32.2. The largest absolute Gasteiger partial charge is 0.481 e. The van der Waals surface area contributed by atoms with Gasteiger partial charge in [0.25, 0.3) is 0 Å². The van der Waals surface area contributed by atoms with Gasteiger partial charge in [-0.1, -0.05) is 0 Å². The number of aliphatic hydroxyl groups is 1. The first-order valence-corrected chi connectivity index (χ1v) is 11.2. The normalized spacial score (nSPS) is 14.4. The van der Waals surface area contributed by atoms with Gasteiger partial charge in [-0.25, -0.2) is 9.78 Å². The SMILES string of the molecule is CSCCC(NC(=O)C(N)CC(=O)O)C(=O)NC(CO)C(=O)NC(Cc1cnc[nH]1)C(=O)O. The van der Waals surface area contributed by atoms with Crippen LogP contribution >= 0.6 is 11.8 Å². The number of aromatic nitrogens is 2. The van der Waals surface area contributed by atoms with Crippen molar-refractivity contribution < 1.29 is 39.3 Å². The highest BCUT2D eigenvalue weighted by molar-refractivity contribution is 7.98. The minimum absolute atomic E-state index is 0.110. The minimum Gasteiger partial charge on any atom is -0.481 e. The van der Waals surface area contributed by atoms with Crippen LogP contribution in [0.1, 0.15) is 18.5 Å². The Bertz CT molecular complexity index is 821. The first kappa shape index (κ1) is 27.9. The maximum absolute atomic E-state index is 12.7. The topological polar surface area (TPSA) is 237 Å². The lowest BCUT2D eigenvalue weighted by molar-refractivity contribution is -0.142. The fourth-order valence-corrected chi connectivity index (χ4v) is 3.09. The van der Waals surface area contributed by atoms with Crippen molar-refractivity contribution in [2.45, 2.75) is 43.4 Å². The van der Waals surface area contributed by atoms with Gasteiger partial charge in [-0.3, -0.25) is 19.2 Å². The van der Waals surface area contributed by atoms with E-state index in [1.165, 1.54) is 24.3 Å². The molecule has 184 valence electrons. The van der Waals surface area contributed by atoms with E-state index >= 15 is 0 Å². The van der Waals surface area contributed by atoms with Gasteiger partial charge in [0.2, 0.25) is 17.7 Å². The number of carboxylic acids is 2. The van der Waals surface area contributed by atoms with E-state index < -0.39 is 66.9 Å². The standard InChI is InChI=1S/C18H28N6O8S/c1-33-3-2-11(22-15(28)10(19)5-14(26)27)16(29)24-13(7-25)17(30)23-12(18(31)32)4-9-6-20-8-21-9/h6,8,10-13,25H,2-5,7,19H2,1H3,(H,20,21)(H,22,28)(H,23,30)(H,24,29)(H,26,27)(H,31,32). The summed E-state index contributed by atoms with van der Waals surface area (Å²) in [6.45, 7) is -0.838. The third kappa shape index (κ3) is 9.88. The number of carbonyl (C=O) groups is 5. The van der Waals surface area contributed by atoms with Gasteiger partial charge in [-0.2, -0.15) is 11.8 Å². The Kier molecular flexibility index (Phi) is 11.9. The van der Waals surface area contributed by atoms with Crippen LogP contribution in [0.25, 0.3) is 0 Å². The van der Waals surface area contributed by atoms with Crippen molar-refractivity contribution in [1.82, 2.24) is 25.9 Å². The number of thioether (sulfide) groups is 1. The Morgan fingerprint density at radius 3 is 2.18 bits per heavy atom. The molecule has 9 N–H and O–H groups in total. The molecule has 0 aliphatic rings. The molecule has 33 heavy (non-hydrogen) atoms. The number of nitrogens with two attached hydrogens (primary N) is 1.